The van der Waals surface area contributed by atoms with Crippen molar-refractivity contribution in [2.45, 2.75) is 51.8 Å². The van der Waals surface area contributed by atoms with Gasteiger partial charge in [-0.2, -0.15) is 0 Å². The average molecular weight is 298 g/mol. The van der Waals surface area contributed by atoms with Crippen LogP contribution in [0.5, 0.6) is 0 Å². The molecule has 8 nitrogen and oxygen atoms in total. The van der Waals surface area contributed by atoms with Crippen LogP contribution in [0.3, 0.4) is 0 Å². The van der Waals surface area contributed by atoms with Crippen LogP contribution in [0.2, 0.25) is 0 Å². The Labute approximate surface area is 123 Å². The van der Waals surface area contributed by atoms with E-state index in [-0.39, 0.29) is 6.42 Å². The first kappa shape index (κ1) is 16.8. The summed E-state index contributed by atoms with van der Waals surface area (Å²) in [4.78, 5) is 26.6. The second kappa shape index (κ2) is 6.96. The SMILES string of the molecule is CC(C)(C)OC(=O)N[C@@H](CCCn1ccnc1N)C(=O)O. The number of nitrogen functional groups attached to an aromatic ring is 1. The number of carboxylic acid groups (broad SMARTS) is 1. The Hall–Kier alpha value is -2.25. The number of aryl methyl sites for hydroxylation is 1. The summed E-state index contributed by atoms with van der Waals surface area (Å²) in [5, 5.41) is 11.5. The highest BCUT2D eigenvalue weighted by atomic mass is 16.6. The van der Waals surface area contributed by atoms with Crippen molar-refractivity contribution >= 4 is 18.0 Å². The first-order valence-electron chi connectivity index (χ1n) is 6.68. The molecule has 0 aliphatic rings. The van der Waals surface area contributed by atoms with E-state index in [1.807, 2.05) is 0 Å². The average Bonchev–Trinajstić information content (AvgIpc) is 2.71. The van der Waals surface area contributed by atoms with Crippen LogP contribution in [0.25, 0.3) is 0 Å². The van der Waals surface area contributed by atoms with Gasteiger partial charge in [0.15, 0.2) is 5.95 Å². The van der Waals surface area contributed by atoms with E-state index in [0.717, 1.165) is 0 Å². The van der Waals surface area contributed by atoms with E-state index in [2.05, 4.69) is 10.3 Å². The summed E-state index contributed by atoms with van der Waals surface area (Å²) in [5.41, 5.74) is 4.94. The van der Waals surface area contributed by atoms with Crippen molar-refractivity contribution in [3.63, 3.8) is 0 Å². The van der Waals surface area contributed by atoms with Gasteiger partial charge in [-0.3, -0.25) is 0 Å². The molecule has 1 rings (SSSR count). The fourth-order valence-electron chi connectivity index (χ4n) is 1.70. The number of rotatable bonds is 6. The summed E-state index contributed by atoms with van der Waals surface area (Å²) < 4.78 is 6.76. The number of nitrogens with one attached hydrogen (secondary N) is 1. The second-order valence-electron chi connectivity index (χ2n) is 5.66. The third-order valence-corrected chi connectivity index (χ3v) is 2.63. The minimum atomic E-state index is -1.10. The Kier molecular flexibility index (Phi) is 5.57. The lowest BCUT2D eigenvalue weighted by Gasteiger charge is -2.22. The highest BCUT2D eigenvalue weighted by Crippen LogP contribution is 2.09. The van der Waals surface area contributed by atoms with Crippen LogP contribution in [0.15, 0.2) is 12.4 Å². The molecule has 0 aliphatic heterocycles. The summed E-state index contributed by atoms with van der Waals surface area (Å²) >= 11 is 0. The maximum Gasteiger partial charge on any atom is 0.408 e. The Balaban J connectivity index is 2.45. The van der Waals surface area contributed by atoms with Gasteiger partial charge in [-0.05, 0) is 33.6 Å². The molecular weight excluding hydrogens is 276 g/mol. The molecule has 0 saturated heterocycles. The molecule has 0 bridgehead atoms. The number of aromatic nitrogens is 2. The quantitative estimate of drug-likeness (QED) is 0.726. The standard InChI is InChI=1S/C13H22N4O4/c1-13(2,3)21-12(20)16-9(10(18)19)5-4-7-17-8-6-15-11(17)14/h6,8-9H,4-5,7H2,1-3H3,(H2,14,15)(H,16,20)(H,18,19)/t9-/m0/s1. The van der Waals surface area contributed by atoms with E-state index in [4.69, 9.17) is 15.6 Å². The van der Waals surface area contributed by atoms with Crippen LogP contribution in [0.1, 0.15) is 33.6 Å². The van der Waals surface area contributed by atoms with Crippen molar-refractivity contribution in [3.05, 3.63) is 12.4 Å². The summed E-state index contributed by atoms with van der Waals surface area (Å²) in [6.45, 7) is 5.67. The number of aliphatic carboxylic acids is 1. The van der Waals surface area contributed by atoms with Crippen LogP contribution < -0.4 is 11.1 Å². The fraction of sp³-hybridized carbons (Fsp3) is 0.615. The first-order valence-corrected chi connectivity index (χ1v) is 6.68. The van der Waals surface area contributed by atoms with Crippen LogP contribution in [0, 0.1) is 0 Å². The lowest BCUT2D eigenvalue weighted by atomic mass is 10.1. The molecule has 4 N–H and O–H groups in total. The van der Waals surface area contributed by atoms with Gasteiger partial charge in [0.1, 0.15) is 11.6 Å². The van der Waals surface area contributed by atoms with E-state index in [1.165, 1.54) is 0 Å². The zero-order valence-corrected chi connectivity index (χ0v) is 12.5. The van der Waals surface area contributed by atoms with Crippen molar-refractivity contribution in [1.29, 1.82) is 0 Å². The number of carbonyl (C=O) groups excluding carboxylic acids is 1. The molecule has 1 heterocycles. The number of ether oxygens (including phenoxy) is 1. The predicted molar refractivity (Wildman–Crippen MR) is 76.7 cm³/mol. The van der Waals surface area contributed by atoms with E-state index in [1.54, 1.807) is 37.7 Å². The highest BCUT2D eigenvalue weighted by molar-refractivity contribution is 5.79. The molecule has 8 heteroatoms. The molecule has 0 saturated carbocycles. The maximum absolute atomic E-state index is 11.6. The highest BCUT2D eigenvalue weighted by Gasteiger charge is 2.23. The van der Waals surface area contributed by atoms with Crippen molar-refractivity contribution in [2.75, 3.05) is 5.73 Å². The molecule has 0 aromatic carbocycles. The number of nitrogens with zero attached hydrogens (tertiary/aromatic N) is 2. The van der Waals surface area contributed by atoms with Gasteiger partial charge in [0, 0.05) is 18.9 Å². The number of hydrogen-bond acceptors (Lipinski definition) is 5. The minimum Gasteiger partial charge on any atom is -0.480 e. The third-order valence-electron chi connectivity index (χ3n) is 2.63. The summed E-state index contributed by atoms with van der Waals surface area (Å²) in [6, 6.07) is -0.996. The van der Waals surface area contributed by atoms with Crippen molar-refractivity contribution < 1.29 is 19.4 Å². The molecule has 0 spiro atoms. The number of carbonyl (C=O) groups is 2. The molecule has 1 aromatic heterocycles. The van der Waals surface area contributed by atoms with Gasteiger partial charge >= 0.3 is 12.1 Å². The van der Waals surface area contributed by atoms with Crippen molar-refractivity contribution in [3.8, 4) is 0 Å². The Bertz CT molecular complexity index is 493. The third kappa shape index (κ3) is 6.15. The van der Waals surface area contributed by atoms with Crippen LogP contribution in [-0.2, 0) is 16.1 Å². The van der Waals surface area contributed by atoms with Gasteiger partial charge in [0.2, 0.25) is 0 Å². The van der Waals surface area contributed by atoms with Crippen LogP contribution >= 0.6 is 0 Å². The van der Waals surface area contributed by atoms with Crippen LogP contribution in [0.4, 0.5) is 10.7 Å². The number of nitrogens with two attached hydrogens (primary N) is 1. The summed E-state index contributed by atoms with van der Waals surface area (Å²) in [5.74, 6) is -0.721. The molecule has 21 heavy (non-hydrogen) atoms. The molecular formula is C13H22N4O4. The number of amides is 1. The molecule has 0 radical (unpaired) electrons. The normalized spacial score (nSPS) is 12.7. The van der Waals surface area contributed by atoms with Gasteiger partial charge in [0.05, 0.1) is 0 Å². The molecule has 0 fully saturated rings. The largest absolute Gasteiger partial charge is 0.480 e. The lowest BCUT2D eigenvalue weighted by molar-refractivity contribution is -0.139. The summed E-state index contributed by atoms with van der Waals surface area (Å²) in [7, 11) is 0. The topological polar surface area (TPSA) is 119 Å². The number of hydrogen-bond donors (Lipinski definition) is 3. The van der Waals surface area contributed by atoms with Gasteiger partial charge in [-0.25, -0.2) is 14.6 Å². The Morgan fingerprint density at radius 3 is 2.67 bits per heavy atom. The molecule has 118 valence electrons. The van der Waals surface area contributed by atoms with Gasteiger partial charge in [-0.1, -0.05) is 0 Å². The number of anilines is 1. The van der Waals surface area contributed by atoms with E-state index >= 15 is 0 Å². The van der Waals surface area contributed by atoms with Gasteiger partial charge in [-0.15, -0.1) is 0 Å². The fourth-order valence-corrected chi connectivity index (χ4v) is 1.70. The molecule has 1 atom stereocenters. The monoisotopic (exact) mass is 298 g/mol. The lowest BCUT2D eigenvalue weighted by Crippen LogP contribution is -2.43. The first-order chi connectivity index (χ1) is 9.69. The molecule has 1 aromatic rings. The Morgan fingerprint density at radius 1 is 1.52 bits per heavy atom. The smallest absolute Gasteiger partial charge is 0.408 e. The predicted octanol–water partition coefficient (Wildman–Crippen LogP) is 1.22. The zero-order chi connectivity index (χ0) is 16.0. The van der Waals surface area contributed by atoms with Crippen molar-refractivity contribution in [2.24, 2.45) is 0 Å². The molecule has 0 aliphatic carbocycles. The van der Waals surface area contributed by atoms with E-state index in [9.17, 15) is 9.59 Å². The van der Waals surface area contributed by atoms with Crippen molar-refractivity contribution in [1.82, 2.24) is 14.9 Å². The number of imidazole rings is 1. The Morgan fingerprint density at radius 2 is 2.19 bits per heavy atom. The number of alkyl carbamates (subject to hydrolysis) is 1. The minimum absolute atomic E-state index is 0.270. The molecule has 0 unspecified atom stereocenters. The van der Waals surface area contributed by atoms with Crippen LogP contribution in [-0.4, -0.2) is 38.4 Å². The number of carboxylic acids is 1. The summed E-state index contributed by atoms with van der Waals surface area (Å²) in [6.07, 6.45) is 3.35. The molecule has 1 amide bonds. The zero-order valence-electron chi connectivity index (χ0n) is 12.5. The van der Waals surface area contributed by atoms with Gasteiger partial charge < -0.3 is 25.5 Å². The van der Waals surface area contributed by atoms with E-state index in [0.29, 0.717) is 18.9 Å². The second-order valence-corrected chi connectivity index (χ2v) is 5.66. The maximum atomic E-state index is 11.6. The van der Waals surface area contributed by atoms with E-state index < -0.39 is 23.7 Å². The van der Waals surface area contributed by atoms with Gasteiger partial charge in [0.25, 0.3) is 0 Å².